The van der Waals surface area contributed by atoms with Crippen molar-refractivity contribution in [1.29, 1.82) is 0 Å². The number of nitrogens with two attached hydrogens (primary N) is 1. The Hall–Kier alpha value is -1.30. The van der Waals surface area contributed by atoms with Gasteiger partial charge in [0.2, 0.25) is 5.95 Å². The molecule has 18 heavy (non-hydrogen) atoms. The molecule has 2 rings (SSSR count). The number of benzene rings is 1. The molecule has 98 valence electrons. The van der Waals surface area contributed by atoms with Crippen LogP contribution >= 0.6 is 11.8 Å². The topological polar surface area (TPSA) is 43.8 Å². The van der Waals surface area contributed by atoms with E-state index in [1.54, 1.807) is 11.8 Å². The molecule has 0 aliphatic rings. The summed E-state index contributed by atoms with van der Waals surface area (Å²) in [5, 5.41) is 0. The molecule has 0 fully saturated rings. The second-order valence-electron chi connectivity index (χ2n) is 4.75. The second-order valence-corrected chi connectivity index (χ2v) is 6.26. The predicted molar refractivity (Wildman–Crippen MR) is 71.7 cm³/mol. The van der Waals surface area contributed by atoms with Crippen LogP contribution in [0.5, 0.6) is 0 Å². The van der Waals surface area contributed by atoms with Crippen molar-refractivity contribution >= 4 is 28.7 Å². The van der Waals surface area contributed by atoms with E-state index in [1.807, 2.05) is 20.1 Å². The lowest BCUT2D eigenvalue weighted by molar-refractivity contribution is 0.506. The first kappa shape index (κ1) is 13.1. The second kappa shape index (κ2) is 4.42. The SMILES string of the molecule is CSC(C)(C)Cn1c(N)nc2ccc(F)c(F)c21. The Bertz CT molecular complexity index is 593. The van der Waals surface area contributed by atoms with Crippen molar-refractivity contribution in [3.05, 3.63) is 23.8 Å². The molecule has 1 aromatic heterocycles. The minimum Gasteiger partial charge on any atom is -0.369 e. The maximum atomic E-state index is 13.9. The Morgan fingerprint density at radius 3 is 2.67 bits per heavy atom. The van der Waals surface area contributed by atoms with E-state index < -0.39 is 11.6 Å². The minimum atomic E-state index is -0.895. The minimum absolute atomic E-state index is 0.134. The van der Waals surface area contributed by atoms with Gasteiger partial charge in [-0.05, 0) is 32.2 Å². The molecule has 0 radical (unpaired) electrons. The van der Waals surface area contributed by atoms with Crippen LogP contribution in [0.2, 0.25) is 0 Å². The van der Waals surface area contributed by atoms with E-state index in [4.69, 9.17) is 5.73 Å². The van der Waals surface area contributed by atoms with Gasteiger partial charge in [-0.15, -0.1) is 0 Å². The number of fused-ring (bicyclic) bond motifs is 1. The summed E-state index contributed by atoms with van der Waals surface area (Å²) >= 11 is 1.63. The number of halogens is 2. The van der Waals surface area contributed by atoms with E-state index in [0.717, 1.165) is 6.07 Å². The number of nitrogen functional groups attached to an aromatic ring is 1. The van der Waals surface area contributed by atoms with Crippen LogP contribution in [-0.4, -0.2) is 20.6 Å². The van der Waals surface area contributed by atoms with Gasteiger partial charge in [-0.3, -0.25) is 0 Å². The fraction of sp³-hybridized carbons (Fsp3) is 0.417. The van der Waals surface area contributed by atoms with Crippen molar-refractivity contribution in [3.63, 3.8) is 0 Å². The number of hydrogen-bond donors (Lipinski definition) is 1. The number of thioether (sulfide) groups is 1. The molecule has 0 saturated heterocycles. The number of hydrogen-bond acceptors (Lipinski definition) is 3. The molecule has 1 heterocycles. The van der Waals surface area contributed by atoms with Crippen LogP contribution in [0.25, 0.3) is 11.0 Å². The molecule has 0 aliphatic heterocycles. The Morgan fingerprint density at radius 1 is 1.39 bits per heavy atom. The van der Waals surface area contributed by atoms with Crippen LogP contribution < -0.4 is 5.73 Å². The van der Waals surface area contributed by atoms with E-state index in [1.165, 1.54) is 10.6 Å². The van der Waals surface area contributed by atoms with Gasteiger partial charge in [-0.25, -0.2) is 13.8 Å². The van der Waals surface area contributed by atoms with Crippen LogP contribution in [0.4, 0.5) is 14.7 Å². The lowest BCUT2D eigenvalue weighted by Gasteiger charge is -2.23. The summed E-state index contributed by atoms with van der Waals surface area (Å²) in [7, 11) is 0. The van der Waals surface area contributed by atoms with Crippen LogP contribution in [-0.2, 0) is 6.54 Å². The summed E-state index contributed by atoms with van der Waals surface area (Å²) < 4.78 is 28.5. The van der Waals surface area contributed by atoms with Gasteiger partial charge < -0.3 is 10.3 Å². The van der Waals surface area contributed by atoms with Crippen molar-refractivity contribution in [1.82, 2.24) is 9.55 Å². The van der Waals surface area contributed by atoms with Crippen LogP contribution in [0, 0.1) is 11.6 Å². The van der Waals surface area contributed by atoms with Gasteiger partial charge in [0, 0.05) is 11.3 Å². The van der Waals surface area contributed by atoms with Gasteiger partial charge in [-0.1, -0.05) is 0 Å². The van der Waals surface area contributed by atoms with E-state index in [-0.39, 0.29) is 16.2 Å². The zero-order valence-electron chi connectivity index (χ0n) is 10.5. The molecule has 6 heteroatoms. The highest BCUT2D eigenvalue weighted by atomic mass is 32.2. The lowest BCUT2D eigenvalue weighted by Crippen LogP contribution is -2.23. The molecular weight excluding hydrogens is 256 g/mol. The highest BCUT2D eigenvalue weighted by Crippen LogP contribution is 2.29. The number of nitrogens with zero attached hydrogens (tertiary/aromatic N) is 2. The molecule has 2 N–H and O–H groups in total. The van der Waals surface area contributed by atoms with Crippen molar-refractivity contribution in [3.8, 4) is 0 Å². The first-order valence-corrected chi connectivity index (χ1v) is 6.73. The summed E-state index contributed by atoms with van der Waals surface area (Å²) in [6.45, 7) is 4.50. The third-order valence-corrected chi connectivity index (χ3v) is 4.15. The highest BCUT2D eigenvalue weighted by molar-refractivity contribution is 7.99. The molecule has 0 bridgehead atoms. The molecule has 0 saturated carbocycles. The monoisotopic (exact) mass is 271 g/mol. The molecular formula is C12H15F2N3S. The summed E-state index contributed by atoms with van der Waals surface area (Å²) in [4.78, 5) is 4.06. The summed E-state index contributed by atoms with van der Waals surface area (Å²) in [6.07, 6.45) is 1.96. The number of aromatic nitrogens is 2. The lowest BCUT2D eigenvalue weighted by atomic mass is 10.2. The summed E-state index contributed by atoms with van der Waals surface area (Å²) in [5.41, 5.74) is 6.30. The maximum Gasteiger partial charge on any atom is 0.201 e. The third-order valence-electron chi connectivity index (χ3n) is 2.92. The maximum absolute atomic E-state index is 13.9. The van der Waals surface area contributed by atoms with Gasteiger partial charge in [-0.2, -0.15) is 11.8 Å². The van der Waals surface area contributed by atoms with Gasteiger partial charge in [0.25, 0.3) is 0 Å². The fourth-order valence-electron chi connectivity index (χ4n) is 1.78. The average molecular weight is 271 g/mol. The molecule has 0 spiro atoms. The highest BCUT2D eigenvalue weighted by Gasteiger charge is 2.22. The summed E-state index contributed by atoms with van der Waals surface area (Å²) in [6, 6.07) is 2.50. The third kappa shape index (κ3) is 2.16. The van der Waals surface area contributed by atoms with Crippen molar-refractivity contribution in [2.45, 2.75) is 25.1 Å². The summed E-state index contributed by atoms with van der Waals surface area (Å²) in [5.74, 6) is -1.57. The van der Waals surface area contributed by atoms with Crippen molar-refractivity contribution < 1.29 is 8.78 Å². The largest absolute Gasteiger partial charge is 0.369 e. The van der Waals surface area contributed by atoms with Crippen LogP contribution in [0.15, 0.2) is 12.1 Å². The Morgan fingerprint density at radius 2 is 2.06 bits per heavy atom. The number of anilines is 1. The van der Waals surface area contributed by atoms with Gasteiger partial charge in [0.05, 0.1) is 5.52 Å². The quantitative estimate of drug-likeness (QED) is 0.933. The van der Waals surface area contributed by atoms with Crippen molar-refractivity contribution in [2.24, 2.45) is 0 Å². The van der Waals surface area contributed by atoms with E-state index in [9.17, 15) is 8.78 Å². The molecule has 3 nitrogen and oxygen atoms in total. The number of rotatable bonds is 3. The Balaban J connectivity index is 2.63. The molecule has 2 aromatic rings. The normalized spacial score (nSPS) is 12.3. The fourth-order valence-corrected chi connectivity index (χ4v) is 2.04. The zero-order chi connectivity index (χ0) is 13.5. The average Bonchev–Trinajstić information content (AvgIpc) is 2.61. The predicted octanol–water partition coefficient (Wildman–Crippen LogP) is 3.04. The van der Waals surface area contributed by atoms with Crippen molar-refractivity contribution in [2.75, 3.05) is 12.0 Å². The molecule has 0 unspecified atom stereocenters. The molecule has 0 aliphatic carbocycles. The Labute approximate surface area is 108 Å². The first-order valence-electron chi connectivity index (χ1n) is 5.50. The standard InChI is InChI=1S/C12H15F2N3S/c1-12(2,18-3)6-17-10-8(16-11(17)15)5-4-7(13)9(10)14/h4-5H,6H2,1-3H3,(H2,15,16). The zero-order valence-corrected chi connectivity index (χ0v) is 11.3. The molecule has 0 atom stereocenters. The van der Waals surface area contributed by atoms with Crippen LogP contribution in [0.1, 0.15) is 13.8 Å². The smallest absolute Gasteiger partial charge is 0.201 e. The number of imidazole rings is 1. The van der Waals surface area contributed by atoms with Gasteiger partial charge in [0.1, 0.15) is 5.52 Å². The van der Waals surface area contributed by atoms with E-state index in [0.29, 0.717) is 12.1 Å². The Kier molecular flexibility index (Phi) is 3.23. The molecule has 1 aromatic carbocycles. The van der Waals surface area contributed by atoms with Crippen LogP contribution in [0.3, 0.4) is 0 Å². The van der Waals surface area contributed by atoms with Gasteiger partial charge in [0.15, 0.2) is 11.6 Å². The van der Waals surface area contributed by atoms with E-state index >= 15 is 0 Å². The van der Waals surface area contributed by atoms with E-state index in [2.05, 4.69) is 4.98 Å². The molecule has 0 amide bonds. The first-order chi connectivity index (χ1) is 8.35. The van der Waals surface area contributed by atoms with Gasteiger partial charge >= 0.3 is 0 Å².